The molecule has 0 bridgehead atoms. The molecule has 6 nitrogen and oxygen atoms in total. The first-order valence-corrected chi connectivity index (χ1v) is 12.3. The number of methoxy groups -OCH3 is 2. The van der Waals surface area contributed by atoms with E-state index in [0.717, 1.165) is 22.3 Å². The van der Waals surface area contributed by atoms with Crippen molar-refractivity contribution in [2.75, 3.05) is 14.2 Å². The van der Waals surface area contributed by atoms with E-state index in [1.807, 2.05) is 48.5 Å². The number of rotatable bonds is 9. The number of hydrogen-bond acceptors (Lipinski definition) is 5. The van der Waals surface area contributed by atoms with Crippen LogP contribution in [0.1, 0.15) is 16.7 Å². The van der Waals surface area contributed by atoms with Crippen molar-refractivity contribution in [3.63, 3.8) is 0 Å². The minimum absolute atomic E-state index is 0.0268. The summed E-state index contributed by atoms with van der Waals surface area (Å²) in [5, 5.41) is 14.7. The van der Waals surface area contributed by atoms with Crippen molar-refractivity contribution in [3.8, 4) is 23.3 Å². The third kappa shape index (κ3) is 6.49. The highest BCUT2D eigenvalue weighted by Gasteiger charge is 2.14. The summed E-state index contributed by atoms with van der Waals surface area (Å²) in [5.41, 5.74) is 2.51. The van der Waals surface area contributed by atoms with Crippen molar-refractivity contribution < 1.29 is 19.0 Å². The maximum atomic E-state index is 12.7. The summed E-state index contributed by atoms with van der Waals surface area (Å²) in [7, 11) is 3.14. The Bertz CT molecular complexity index is 1490. The van der Waals surface area contributed by atoms with Crippen molar-refractivity contribution in [2.45, 2.75) is 13.2 Å². The van der Waals surface area contributed by atoms with E-state index >= 15 is 0 Å². The molecular formula is C30H25BrN2O4. The van der Waals surface area contributed by atoms with E-state index in [2.05, 4.69) is 45.5 Å². The Morgan fingerprint density at radius 1 is 0.919 bits per heavy atom. The summed E-state index contributed by atoms with van der Waals surface area (Å²) < 4.78 is 17.4. The summed E-state index contributed by atoms with van der Waals surface area (Å²) in [4.78, 5) is 12.7. The van der Waals surface area contributed by atoms with Gasteiger partial charge in [-0.25, -0.2) is 0 Å². The van der Waals surface area contributed by atoms with Crippen LogP contribution < -0.4 is 19.5 Å². The fourth-order valence-electron chi connectivity index (χ4n) is 3.75. The van der Waals surface area contributed by atoms with Crippen molar-refractivity contribution in [1.82, 2.24) is 5.32 Å². The summed E-state index contributed by atoms with van der Waals surface area (Å²) >= 11 is 3.53. The Morgan fingerprint density at radius 2 is 1.65 bits per heavy atom. The number of carbonyl (C=O) groups excluding carboxylic acids is 1. The zero-order valence-electron chi connectivity index (χ0n) is 20.5. The fraction of sp³-hybridized carbons (Fsp3) is 0.133. The molecule has 0 aliphatic carbocycles. The number of nitrogens with one attached hydrogen (secondary N) is 1. The number of hydrogen-bond donors (Lipinski definition) is 1. The average Bonchev–Trinajstić information content (AvgIpc) is 2.94. The van der Waals surface area contributed by atoms with Gasteiger partial charge in [0.25, 0.3) is 5.91 Å². The topological polar surface area (TPSA) is 80.6 Å². The molecule has 1 amide bonds. The lowest BCUT2D eigenvalue weighted by Crippen LogP contribution is -2.23. The number of benzene rings is 4. The van der Waals surface area contributed by atoms with Gasteiger partial charge >= 0.3 is 0 Å². The molecule has 0 aliphatic rings. The normalized spacial score (nSPS) is 11.0. The number of nitrogens with zero attached hydrogens (tertiary/aromatic N) is 1. The van der Waals surface area contributed by atoms with E-state index in [9.17, 15) is 10.1 Å². The summed E-state index contributed by atoms with van der Waals surface area (Å²) in [6.07, 6.45) is 1.52. The Balaban J connectivity index is 1.47. The van der Waals surface area contributed by atoms with Gasteiger partial charge in [-0.05, 0) is 63.9 Å². The van der Waals surface area contributed by atoms with E-state index in [0.29, 0.717) is 28.1 Å². The molecule has 186 valence electrons. The molecule has 37 heavy (non-hydrogen) atoms. The second kappa shape index (κ2) is 12.1. The number of ether oxygens (including phenoxy) is 3. The van der Waals surface area contributed by atoms with Gasteiger partial charge in [0, 0.05) is 11.0 Å². The fourth-order valence-corrected chi connectivity index (χ4v) is 4.19. The van der Waals surface area contributed by atoms with Crippen LogP contribution in [-0.2, 0) is 17.9 Å². The van der Waals surface area contributed by atoms with E-state index in [4.69, 9.17) is 14.2 Å². The van der Waals surface area contributed by atoms with Gasteiger partial charge in [-0.3, -0.25) is 4.79 Å². The molecule has 0 fully saturated rings. The molecular weight excluding hydrogens is 532 g/mol. The molecule has 0 aromatic heterocycles. The predicted octanol–water partition coefficient (Wildman–Crippen LogP) is 6.42. The zero-order chi connectivity index (χ0) is 26.2. The van der Waals surface area contributed by atoms with Crippen molar-refractivity contribution in [3.05, 3.63) is 106 Å². The molecule has 0 atom stereocenters. The highest BCUT2D eigenvalue weighted by Crippen LogP contribution is 2.35. The molecule has 4 aromatic carbocycles. The van der Waals surface area contributed by atoms with Crippen molar-refractivity contribution in [1.29, 1.82) is 5.26 Å². The third-order valence-electron chi connectivity index (χ3n) is 5.77. The smallest absolute Gasteiger partial charge is 0.262 e. The first-order chi connectivity index (χ1) is 18.0. The van der Waals surface area contributed by atoms with Gasteiger partial charge in [-0.1, -0.05) is 64.5 Å². The first kappa shape index (κ1) is 25.8. The van der Waals surface area contributed by atoms with Crippen LogP contribution in [0.4, 0.5) is 0 Å². The first-order valence-electron chi connectivity index (χ1n) is 11.5. The Hall–Kier alpha value is -4.28. The second-order valence-corrected chi connectivity index (χ2v) is 9.05. The lowest BCUT2D eigenvalue weighted by molar-refractivity contribution is -0.117. The van der Waals surface area contributed by atoms with Gasteiger partial charge in [-0.2, -0.15) is 5.26 Å². The van der Waals surface area contributed by atoms with Crippen LogP contribution in [0, 0.1) is 11.3 Å². The van der Waals surface area contributed by atoms with E-state index < -0.39 is 5.91 Å². The van der Waals surface area contributed by atoms with E-state index in [1.54, 1.807) is 26.4 Å². The van der Waals surface area contributed by atoms with Gasteiger partial charge in [0.2, 0.25) is 0 Å². The molecule has 0 heterocycles. The third-order valence-corrected chi connectivity index (χ3v) is 6.45. The molecule has 7 heteroatoms. The minimum Gasteiger partial charge on any atom is -0.497 e. The molecule has 0 radical (unpaired) electrons. The Labute approximate surface area is 224 Å². The number of fused-ring (bicyclic) bond motifs is 1. The van der Waals surface area contributed by atoms with Crippen LogP contribution in [0.25, 0.3) is 16.8 Å². The van der Waals surface area contributed by atoms with Crippen LogP contribution in [0.5, 0.6) is 17.2 Å². The summed E-state index contributed by atoms with van der Waals surface area (Å²) in [6, 6.07) is 27.2. The maximum Gasteiger partial charge on any atom is 0.262 e. The molecule has 0 aliphatic heterocycles. The van der Waals surface area contributed by atoms with Gasteiger partial charge < -0.3 is 19.5 Å². The number of carbonyl (C=O) groups is 1. The van der Waals surface area contributed by atoms with Crippen molar-refractivity contribution >= 4 is 38.7 Å². The number of nitriles is 1. The minimum atomic E-state index is -0.471. The molecule has 4 aromatic rings. The largest absolute Gasteiger partial charge is 0.497 e. The Morgan fingerprint density at radius 3 is 2.35 bits per heavy atom. The van der Waals surface area contributed by atoms with Crippen LogP contribution >= 0.6 is 15.9 Å². The van der Waals surface area contributed by atoms with E-state index in [-0.39, 0.29) is 12.1 Å². The average molecular weight is 557 g/mol. The summed E-state index contributed by atoms with van der Waals surface area (Å²) in [5.74, 6) is 1.30. The monoisotopic (exact) mass is 556 g/mol. The van der Waals surface area contributed by atoms with Crippen LogP contribution in [0.15, 0.2) is 88.9 Å². The van der Waals surface area contributed by atoms with Crippen LogP contribution in [0.2, 0.25) is 0 Å². The highest BCUT2D eigenvalue weighted by molar-refractivity contribution is 9.10. The van der Waals surface area contributed by atoms with Crippen molar-refractivity contribution in [2.24, 2.45) is 0 Å². The van der Waals surface area contributed by atoms with Crippen LogP contribution in [-0.4, -0.2) is 20.1 Å². The molecule has 0 spiro atoms. The SMILES string of the molecule is COc1ccc(CNC(=O)/C(C#N)=C\c2cc(OC)c(OCc3ccc4ccccc4c3)cc2Br)cc1. The van der Waals surface area contributed by atoms with Gasteiger partial charge in [0.15, 0.2) is 11.5 Å². The van der Waals surface area contributed by atoms with Gasteiger partial charge in [-0.15, -0.1) is 0 Å². The van der Waals surface area contributed by atoms with Gasteiger partial charge in [0.1, 0.15) is 24.0 Å². The van der Waals surface area contributed by atoms with E-state index in [1.165, 1.54) is 11.5 Å². The number of halogens is 1. The Kier molecular flexibility index (Phi) is 8.44. The van der Waals surface area contributed by atoms with Gasteiger partial charge in [0.05, 0.1) is 14.2 Å². The lowest BCUT2D eigenvalue weighted by atomic mass is 10.1. The highest BCUT2D eigenvalue weighted by atomic mass is 79.9. The quantitative estimate of drug-likeness (QED) is 0.190. The van der Waals surface area contributed by atoms with Crippen LogP contribution in [0.3, 0.4) is 0 Å². The molecule has 0 saturated heterocycles. The second-order valence-electron chi connectivity index (χ2n) is 8.20. The molecule has 0 saturated carbocycles. The molecule has 1 N–H and O–H groups in total. The zero-order valence-corrected chi connectivity index (χ0v) is 22.0. The summed E-state index contributed by atoms with van der Waals surface area (Å²) in [6.45, 7) is 0.647. The molecule has 0 unspecified atom stereocenters. The maximum absolute atomic E-state index is 12.7. The number of amides is 1. The standard InChI is InChI=1S/C30H25BrN2O4/c1-35-26-11-8-20(9-12-26)18-33-30(34)25(17-32)14-24-15-28(36-2)29(16-27(24)31)37-19-21-7-10-22-5-3-4-6-23(22)13-21/h3-16H,18-19H2,1-2H3,(H,33,34)/b25-14-. The lowest BCUT2D eigenvalue weighted by Gasteiger charge is -2.13. The molecule has 4 rings (SSSR count). The predicted molar refractivity (Wildman–Crippen MR) is 147 cm³/mol.